The first-order chi connectivity index (χ1) is 22.5. The predicted octanol–water partition coefficient (Wildman–Crippen LogP) is 12.6. The van der Waals surface area contributed by atoms with Crippen LogP contribution in [0.2, 0.25) is 0 Å². The second kappa shape index (κ2) is 9.19. The second-order valence-corrected chi connectivity index (χ2v) is 13.3. The molecule has 1 heterocycles. The summed E-state index contributed by atoms with van der Waals surface area (Å²) in [7, 11) is 0. The molecular formula is C45H30O. The van der Waals surface area contributed by atoms with Crippen LogP contribution >= 0.6 is 0 Å². The number of fused-ring (bicyclic) bond motifs is 8. The third-order valence-electron chi connectivity index (χ3n) is 10.4. The van der Waals surface area contributed by atoms with E-state index in [2.05, 4.69) is 159 Å². The SMILES string of the molecule is CC1(C)c2cc(-c3ccc4c(c3)-c3cccc5cccc(c35)O4)ccc2-c2c1ccc1c(-c3ccc4ccccc4c3)cccc21. The molecule has 0 bridgehead atoms. The van der Waals surface area contributed by atoms with Crippen molar-refractivity contribution in [2.75, 3.05) is 0 Å². The van der Waals surface area contributed by atoms with Gasteiger partial charge in [-0.3, -0.25) is 0 Å². The van der Waals surface area contributed by atoms with Gasteiger partial charge in [0, 0.05) is 16.4 Å². The van der Waals surface area contributed by atoms with Crippen molar-refractivity contribution < 1.29 is 4.74 Å². The first-order valence-electron chi connectivity index (χ1n) is 16.1. The monoisotopic (exact) mass is 586 g/mol. The highest BCUT2D eigenvalue weighted by Gasteiger charge is 2.37. The van der Waals surface area contributed by atoms with Crippen molar-refractivity contribution in [2.24, 2.45) is 0 Å². The molecule has 0 N–H and O–H groups in total. The van der Waals surface area contributed by atoms with E-state index in [-0.39, 0.29) is 5.41 Å². The van der Waals surface area contributed by atoms with Crippen LogP contribution < -0.4 is 4.74 Å². The number of benzene rings is 8. The quantitative estimate of drug-likeness (QED) is 0.196. The summed E-state index contributed by atoms with van der Waals surface area (Å²) in [4.78, 5) is 0. The van der Waals surface area contributed by atoms with Crippen LogP contribution in [0.25, 0.3) is 76.8 Å². The van der Waals surface area contributed by atoms with Crippen LogP contribution in [-0.4, -0.2) is 0 Å². The molecule has 1 nitrogen and oxygen atoms in total. The van der Waals surface area contributed by atoms with Gasteiger partial charge in [0.05, 0.1) is 0 Å². The second-order valence-electron chi connectivity index (χ2n) is 13.3. The van der Waals surface area contributed by atoms with Gasteiger partial charge in [-0.15, -0.1) is 0 Å². The number of ether oxygens (including phenoxy) is 1. The Morgan fingerprint density at radius 1 is 0.413 bits per heavy atom. The molecule has 2 aliphatic rings. The van der Waals surface area contributed by atoms with E-state index in [0.717, 1.165) is 17.1 Å². The minimum atomic E-state index is -0.115. The molecule has 10 rings (SSSR count). The van der Waals surface area contributed by atoms with Crippen LogP contribution in [0.15, 0.2) is 146 Å². The molecule has 8 aromatic rings. The molecule has 1 aliphatic heterocycles. The molecule has 8 aromatic carbocycles. The summed E-state index contributed by atoms with van der Waals surface area (Å²) in [5.41, 5.74) is 12.7. The lowest BCUT2D eigenvalue weighted by atomic mass is 9.81. The van der Waals surface area contributed by atoms with E-state index in [1.54, 1.807) is 0 Å². The highest BCUT2D eigenvalue weighted by molar-refractivity contribution is 6.09. The van der Waals surface area contributed by atoms with Crippen molar-refractivity contribution in [3.05, 3.63) is 157 Å². The average Bonchev–Trinajstić information content (AvgIpc) is 3.33. The number of hydrogen-bond acceptors (Lipinski definition) is 1. The lowest BCUT2D eigenvalue weighted by Crippen LogP contribution is -2.15. The summed E-state index contributed by atoms with van der Waals surface area (Å²) in [6, 6.07) is 53.5. The molecule has 216 valence electrons. The van der Waals surface area contributed by atoms with Gasteiger partial charge < -0.3 is 4.74 Å². The first-order valence-corrected chi connectivity index (χ1v) is 16.1. The Labute approximate surface area is 268 Å². The number of rotatable bonds is 2. The Hall–Kier alpha value is -5.66. The standard InChI is InChI=1S/C45H30O/c1-45(2)39-22-21-34-33(32-17-16-27-8-3-4-9-29(27)24-32)12-7-14-35(34)44(39)37-20-18-31(26-40(37)45)30-19-23-41-38(25-30)36-13-5-10-28-11-6-15-42(46-41)43(28)36/h3-26H,1-2H3. The van der Waals surface area contributed by atoms with Gasteiger partial charge in [-0.2, -0.15) is 0 Å². The van der Waals surface area contributed by atoms with Gasteiger partial charge in [0.25, 0.3) is 0 Å². The van der Waals surface area contributed by atoms with Crippen LogP contribution in [-0.2, 0) is 5.41 Å². The van der Waals surface area contributed by atoms with Gasteiger partial charge in [-0.1, -0.05) is 129 Å². The first kappa shape index (κ1) is 25.6. The Kier molecular flexibility index (Phi) is 5.12. The van der Waals surface area contributed by atoms with Crippen LogP contribution in [0.5, 0.6) is 11.5 Å². The molecule has 46 heavy (non-hydrogen) atoms. The Bertz CT molecular complexity index is 2580. The minimum absolute atomic E-state index is 0.115. The summed E-state index contributed by atoms with van der Waals surface area (Å²) in [6.07, 6.45) is 0. The van der Waals surface area contributed by atoms with Gasteiger partial charge in [0.15, 0.2) is 0 Å². The fraction of sp³-hybridized carbons (Fsp3) is 0.0667. The highest BCUT2D eigenvalue weighted by Crippen LogP contribution is 2.53. The zero-order valence-electron chi connectivity index (χ0n) is 25.8. The average molecular weight is 587 g/mol. The molecule has 0 spiro atoms. The van der Waals surface area contributed by atoms with E-state index in [0.29, 0.717) is 0 Å². The minimum Gasteiger partial charge on any atom is -0.456 e. The van der Waals surface area contributed by atoms with Crippen LogP contribution in [0.3, 0.4) is 0 Å². The van der Waals surface area contributed by atoms with Gasteiger partial charge >= 0.3 is 0 Å². The maximum atomic E-state index is 6.39. The summed E-state index contributed by atoms with van der Waals surface area (Å²) < 4.78 is 6.39. The normalized spacial score (nSPS) is 13.8. The zero-order valence-corrected chi connectivity index (χ0v) is 25.8. The molecule has 1 aliphatic carbocycles. The summed E-state index contributed by atoms with van der Waals surface area (Å²) in [5, 5.41) is 7.56. The van der Waals surface area contributed by atoms with Crippen molar-refractivity contribution >= 4 is 32.3 Å². The topological polar surface area (TPSA) is 9.23 Å². The summed E-state index contributed by atoms with van der Waals surface area (Å²) in [5.74, 6) is 1.85. The molecule has 0 amide bonds. The van der Waals surface area contributed by atoms with Crippen molar-refractivity contribution in [2.45, 2.75) is 19.3 Å². The van der Waals surface area contributed by atoms with E-state index >= 15 is 0 Å². The smallest absolute Gasteiger partial charge is 0.135 e. The molecule has 0 atom stereocenters. The van der Waals surface area contributed by atoms with Crippen LogP contribution in [0.4, 0.5) is 0 Å². The Morgan fingerprint density at radius 3 is 2.07 bits per heavy atom. The lowest BCUT2D eigenvalue weighted by Gasteiger charge is -2.23. The Balaban J connectivity index is 1.11. The molecule has 0 saturated carbocycles. The van der Waals surface area contributed by atoms with Gasteiger partial charge in [-0.05, 0) is 107 Å². The van der Waals surface area contributed by atoms with Crippen molar-refractivity contribution in [3.63, 3.8) is 0 Å². The van der Waals surface area contributed by atoms with Crippen molar-refractivity contribution in [3.8, 4) is 56.0 Å². The molecule has 1 heteroatoms. The van der Waals surface area contributed by atoms with E-state index in [1.807, 2.05) is 0 Å². The van der Waals surface area contributed by atoms with Crippen LogP contribution in [0.1, 0.15) is 25.0 Å². The molecule has 0 unspecified atom stereocenters. The van der Waals surface area contributed by atoms with Gasteiger partial charge in [0.1, 0.15) is 11.5 Å². The third kappa shape index (κ3) is 3.51. The maximum absolute atomic E-state index is 6.39. The van der Waals surface area contributed by atoms with Gasteiger partial charge in [0.2, 0.25) is 0 Å². The van der Waals surface area contributed by atoms with E-state index in [9.17, 15) is 0 Å². The summed E-state index contributed by atoms with van der Waals surface area (Å²) in [6.45, 7) is 4.75. The Morgan fingerprint density at radius 2 is 1.15 bits per heavy atom. The molecule has 0 aromatic heterocycles. The van der Waals surface area contributed by atoms with Crippen molar-refractivity contribution in [1.82, 2.24) is 0 Å². The summed E-state index contributed by atoms with van der Waals surface area (Å²) >= 11 is 0. The largest absolute Gasteiger partial charge is 0.456 e. The molecule has 0 saturated heterocycles. The predicted molar refractivity (Wildman–Crippen MR) is 193 cm³/mol. The third-order valence-corrected chi connectivity index (χ3v) is 10.4. The van der Waals surface area contributed by atoms with E-state index in [4.69, 9.17) is 4.74 Å². The molecule has 0 fully saturated rings. The lowest BCUT2D eigenvalue weighted by molar-refractivity contribution is 0.487. The van der Waals surface area contributed by atoms with Crippen molar-refractivity contribution in [1.29, 1.82) is 0 Å². The van der Waals surface area contributed by atoms with Gasteiger partial charge in [-0.25, -0.2) is 0 Å². The number of hydrogen-bond donors (Lipinski definition) is 0. The highest BCUT2D eigenvalue weighted by atomic mass is 16.5. The fourth-order valence-electron chi connectivity index (χ4n) is 8.12. The van der Waals surface area contributed by atoms with Crippen LogP contribution in [0, 0.1) is 0 Å². The molecule has 0 radical (unpaired) electrons. The zero-order chi connectivity index (χ0) is 30.6. The van der Waals surface area contributed by atoms with E-state index < -0.39 is 0 Å². The van der Waals surface area contributed by atoms with E-state index in [1.165, 1.54) is 82.4 Å². The fourth-order valence-corrected chi connectivity index (χ4v) is 8.12. The molecular weight excluding hydrogens is 556 g/mol. The maximum Gasteiger partial charge on any atom is 0.135 e.